The first-order chi connectivity index (χ1) is 16.5. The molecule has 0 spiro atoms. The van der Waals surface area contributed by atoms with Crippen LogP contribution >= 0.6 is 11.6 Å². The fourth-order valence-electron chi connectivity index (χ4n) is 3.27. The molecule has 0 unspecified atom stereocenters. The lowest BCUT2D eigenvalue weighted by Crippen LogP contribution is -2.32. The molecule has 1 aliphatic heterocycles. The van der Waals surface area contributed by atoms with E-state index >= 15 is 0 Å². The molecule has 10 heteroatoms. The first-order valence-electron chi connectivity index (χ1n) is 10.2. The molecule has 178 valence electrons. The minimum absolute atomic E-state index is 0.232. The number of anilines is 2. The Morgan fingerprint density at radius 3 is 2.23 bits per heavy atom. The molecule has 0 saturated carbocycles. The van der Waals surface area contributed by atoms with Crippen LogP contribution in [-0.2, 0) is 15.8 Å². The zero-order chi connectivity index (χ0) is 25.3. The van der Waals surface area contributed by atoms with Crippen molar-refractivity contribution in [3.8, 4) is 5.75 Å². The molecule has 2 amide bonds. The van der Waals surface area contributed by atoms with E-state index in [-0.39, 0.29) is 16.9 Å². The highest BCUT2D eigenvalue weighted by molar-refractivity contribution is 6.53. The number of amides is 2. The summed E-state index contributed by atoms with van der Waals surface area (Å²) in [5.74, 6) is -2.09. The third-order valence-electron chi connectivity index (χ3n) is 5.08. The maximum absolute atomic E-state index is 13.0. The maximum atomic E-state index is 13.0. The van der Waals surface area contributed by atoms with Crippen LogP contribution in [0.5, 0.6) is 5.75 Å². The number of carbonyl (C=O) groups is 3. The van der Waals surface area contributed by atoms with Crippen LogP contribution in [0.4, 0.5) is 24.5 Å². The van der Waals surface area contributed by atoms with Gasteiger partial charge in [0.25, 0.3) is 11.8 Å². The molecule has 0 atom stereocenters. The largest absolute Gasteiger partial charge is 0.423 e. The zero-order valence-corrected chi connectivity index (χ0v) is 18.8. The molecule has 35 heavy (non-hydrogen) atoms. The highest BCUT2D eigenvalue weighted by atomic mass is 35.5. The molecular weight excluding hydrogens is 485 g/mol. The third kappa shape index (κ3) is 5.04. The Morgan fingerprint density at radius 1 is 0.943 bits per heavy atom. The van der Waals surface area contributed by atoms with Crippen molar-refractivity contribution in [2.75, 3.05) is 10.2 Å². The number of esters is 1. The van der Waals surface area contributed by atoms with Gasteiger partial charge in [-0.25, -0.2) is 9.69 Å². The van der Waals surface area contributed by atoms with Crippen molar-refractivity contribution in [2.45, 2.75) is 13.1 Å². The Morgan fingerprint density at radius 2 is 1.60 bits per heavy atom. The van der Waals surface area contributed by atoms with Gasteiger partial charge in [-0.3, -0.25) is 9.59 Å². The summed E-state index contributed by atoms with van der Waals surface area (Å²) in [5, 5.41) is 2.22. The topological polar surface area (TPSA) is 75.7 Å². The molecule has 1 N–H and O–H groups in total. The molecule has 4 rings (SSSR count). The average molecular weight is 501 g/mol. The van der Waals surface area contributed by atoms with Crippen LogP contribution in [0.1, 0.15) is 21.5 Å². The number of imide groups is 1. The average Bonchev–Trinajstić information content (AvgIpc) is 3.03. The van der Waals surface area contributed by atoms with Crippen LogP contribution in [0, 0.1) is 6.92 Å². The second-order valence-corrected chi connectivity index (χ2v) is 7.97. The van der Waals surface area contributed by atoms with E-state index in [1.807, 2.05) is 6.92 Å². The number of hydrogen-bond donors (Lipinski definition) is 1. The molecule has 0 saturated heterocycles. The van der Waals surface area contributed by atoms with Crippen LogP contribution < -0.4 is 15.0 Å². The number of carbonyl (C=O) groups excluding carboxylic acids is 3. The minimum Gasteiger partial charge on any atom is -0.423 e. The molecule has 0 bridgehead atoms. The van der Waals surface area contributed by atoms with Crippen LogP contribution in [0.2, 0.25) is 0 Å². The van der Waals surface area contributed by atoms with Crippen molar-refractivity contribution < 1.29 is 32.3 Å². The monoisotopic (exact) mass is 500 g/mol. The summed E-state index contributed by atoms with van der Waals surface area (Å²) in [6.07, 6.45) is -4.65. The van der Waals surface area contributed by atoms with Gasteiger partial charge in [0.15, 0.2) is 0 Å². The Hall–Kier alpha value is -4.11. The second-order valence-electron chi connectivity index (χ2n) is 7.59. The smallest absolute Gasteiger partial charge is 0.416 e. The van der Waals surface area contributed by atoms with Gasteiger partial charge in [-0.2, -0.15) is 13.2 Å². The van der Waals surface area contributed by atoms with Crippen molar-refractivity contribution in [1.29, 1.82) is 0 Å². The molecule has 1 heterocycles. The van der Waals surface area contributed by atoms with Gasteiger partial charge in [0.2, 0.25) is 0 Å². The lowest BCUT2D eigenvalue weighted by molar-refractivity contribution is -0.137. The van der Waals surface area contributed by atoms with Gasteiger partial charge in [0.1, 0.15) is 16.5 Å². The summed E-state index contributed by atoms with van der Waals surface area (Å²) in [4.78, 5) is 38.3. The molecule has 3 aromatic rings. The molecule has 3 aromatic carbocycles. The molecule has 6 nitrogen and oxygen atoms in total. The van der Waals surface area contributed by atoms with Crippen molar-refractivity contribution in [2.24, 2.45) is 0 Å². The molecule has 1 aliphatic rings. The Bertz CT molecular complexity index is 1350. The van der Waals surface area contributed by atoms with Gasteiger partial charge in [-0.1, -0.05) is 35.4 Å². The Labute approximate surface area is 202 Å². The quantitative estimate of drug-likeness (QED) is 0.277. The first-order valence-corrected chi connectivity index (χ1v) is 10.5. The standard InChI is InChI=1S/C25H16ClF3N2O4/c1-14-5-11-19(12-6-14)35-24(34)15-7-9-17(10-8-15)30-21-20(26)22(32)31(23(21)33)18-4-2-3-16(13-18)25(27,28)29/h2-13,30H,1H3. The van der Waals surface area contributed by atoms with Gasteiger partial charge in [-0.05, 0) is 61.5 Å². The van der Waals surface area contributed by atoms with Crippen LogP contribution in [0.3, 0.4) is 0 Å². The maximum Gasteiger partial charge on any atom is 0.416 e. The van der Waals surface area contributed by atoms with E-state index in [4.69, 9.17) is 16.3 Å². The fourth-order valence-corrected chi connectivity index (χ4v) is 3.49. The van der Waals surface area contributed by atoms with E-state index < -0.39 is 34.6 Å². The number of hydrogen-bond acceptors (Lipinski definition) is 5. The van der Waals surface area contributed by atoms with Crippen molar-refractivity contribution in [3.63, 3.8) is 0 Å². The summed E-state index contributed by atoms with van der Waals surface area (Å²) in [7, 11) is 0. The van der Waals surface area contributed by atoms with Crippen LogP contribution in [0.25, 0.3) is 0 Å². The number of halogens is 4. The predicted octanol–water partition coefficient (Wildman–Crippen LogP) is 5.67. The summed E-state index contributed by atoms with van der Waals surface area (Å²) in [5.41, 5.74) is -0.0169. The van der Waals surface area contributed by atoms with Gasteiger partial charge < -0.3 is 10.1 Å². The third-order valence-corrected chi connectivity index (χ3v) is 5.43. The number of benzene rings is 3. The van der Waals surface area contributed by atoms with E-state index in [0.717, 1.165) is 17.7 Å². The molecule has 0 aromatic heterocycles. The highest BCUT2D eigenvalue weighted by Gasteiger charge is 2.40. The molecule has 0 radical (unpaired) electrons. The Balaban J connectivity index is 1.49. The number of rotatable bonds is 5. The number of alkyl halides is 3. The zero-order valence-electron chi connectivity index (χ0n) is 18.0. The van der Waals surface area contributed by atoms with Gasteiger partial charge in [-0.15, -0.1) is 0 Å². The van der Waals surface area contributed by atoms with E-state index in [0.29, 0.717) is 22.4 Å². The van der Waals surface area contributed by atoms with Gasteiger partial charge >= 0.3 is 12.1 Å². The summed E-state index contributed by atoms with van der Waals surface area (Å²) < 4.78 is 44.4. The summed E-state index contributed by atoms with van der Waals surface area (Å²) in [6, 6.07) is 16.6. The molecular formula is C25H16ClF3N2O4. The predicted molar refractivity (Wildman–Crippen MR) is 123 cm³/mol. The number of ether oxygens (including phenoxy) is 1. The van der Waals surface area contributed by atoms with Crippen LogP contribution in [-0.4, -0.2) is 17.8 Å². The SMILES string of the molecule is Cc1ccc(OC(=O)c2ccc(NC3=C(Cl)C(=O)N(c4cccc(C(F)(F)F)c4)C3=O)cc2)cc1. The molecule has 0 fully saturated rings. The number of aryl methyl sites for hydroxylation is 1. The lowest BCUT2D eigenvalue weighted by atomic mass is 10.2. The van der Waals surface area contributed by atoms with Gasteiger partial charge in [0.05, 0.1) is 16.8 Å². The Kier molecular flexibility index (Phi) is 6.36. The van der Waals surface area contributed by atoms with E-state index in [2.05, 4.69) is 5.32 Å². The minimum atomic E-state index is -4.65. The first kappa shape index (κ1) is 24.0. The second kappa shape index (κ2) is 9.27. The normalized spacial score (nSPS) is 13.9. The summed E-state index contributed by atoms with van der Waals surface area (Å²) >= 11 is 6.04. The molecule has 0 aliphatic carbocycles. The summed E-state index contributed by atoms with van der Waals surface area (Å²) in [6.45, 7) is 1.90. The van der Waals surface area contributed by atoms with E-state index in [1.54, 1.807) is 24.3 Å². The lowest BCUT2D eigenvalue weighted by Gasteiger charge is -2.17. The van der Waals surface area contributed by atoms with Crippen molar-refractivity contribution >= 4 is 40.8 Å². The number of nitrogens with one attached hydrogen (secondary N) is 1. The van der Waals surface area contributed by atoms with E-state index in [1.165, 1.54) is 30.3 Å². The van der Waals surface area contributed by atoms with E-state index in [9.17, 15) is 27.6 Å². The number of nitrogens with zero attached hydrogens (tertiary/aromatic N) is 1. The van der Waals surface area contributed by atoms with Gasteiger partial charge in [0, 0.05) is 5.69 Å². The van der Waals surface area contributed by atoms with Crippen LogP contribution in [0.15, 0.2) is 83.5 Å². The highest BCUT2D eigenvalue weighted by Crippen LogP contribution is 2.35. The fraction of sp³-hybridized carbons (Fsp3) is 0.0800. The van der Waals surface area contributed by atoms with Crippen molar-refractivity contribution in [1.82, 2.24) is 0 Å². The van der Waals surface area contributed by atoms with Crippen molar-refractivity contribution in [3.05, 3.63) is 100 Å².